The van der Waals surface area contributed by atoms with Crippen molar-refractivity contribution in [2.24, 2.45) is 13.0 Å². The van der Waals surface area contributed by atoms with Crippen molar-refractivity contribution in [3.8, 4) is 0 Å². The van der Waals surface area contributed by atoms with Crippen molar-refractivity contribution in [2.75, 3.05) is 17.7 Å². The Morgan fingerprint density at radius 1 is 1.47 bits per heavy atom. The molecule has 0 radical (unpaired) electrons. The summed E-state index contributed by atoms with van der Waals surface area (Å²) >= 11 is 0. The Morgan fingerprint density at radius 3 is 2.58 bits per heavy atom. The van der Waals surface area contributed by atoms with Gasteiger partial charge in [0.05, 0.1) is 23.5 Å². The molecule has 1 saturated carbocycles. The van der Waals surface area contributed by atoms with Gasteiger partial charge in [0, 0.05) is 7.05 Å². The number of aryl methyl sites for hydroxylation is 2. The third kappa shape index (κ3) is 2.71. The van der Waals surface area contributed by atoms with Gasteiger partial charge in [-0.05, 0) is 38.0 Å². The van der Waals surface area contributed by atoms with Crippen LogP contribution in [-0.2, 0) is 13.5 Å². The molecule has 2 rings (SSSR count). The van der Waals surface area contributed by atoms with Gasteiger partial charge in [0.25, 0.3) is 0 Å². The molecule has 1 aliphatic carbocycles. The van der Waals surface area contributed by atoms with Crippen LogP contribution in [0, 0.1) is 5.92 Å². The highest BCUT2D eigenvalue weighted by molar-refractivity contribution is 5.66. The summed E-state index contributed by atoms with van der Waals surface area (Å²) < 4.78 is 1.80. The van der Waals surface area contributed by atoms with Gasteiger partial charge in [0.15, 0.2) is 0 Å². The van der Waals surface area contributed by atoms with E-state index >= 15 is 0 Å². The summed E-state index contributed by atoms with van der Waals surface area (Å²) in [5.74, 6) is 1.59. The number of aliphatic hydroxyl groups excluding tert-OH is 1. The van der Waals surface area contributed by atoms with Crippen LogP contribution in [0.5, 0.6) is 0 Å². The number of nitrogens with one attached hydrogen (secondary N) is 1. The lowest BCUT2D eigenvalue weighted by Crippen LogP contribution is -2.45. The van der Waals surface area contributed by atoms with Crippen molar-refractivity contribution in [3.63, 3.8) is 0 Å². The lowest BCUT2D eigenvalue weighted by atomic mass is 9.77. The highest BCUT2D eigenvalue weighted by Gasteiger charge is 2.35. The minimum Gasteiger partial charge on any atom is -0.394 e. The molecule has 1 heterocycles. The number of aliphatic hydroxyl groups is 1. The van der Waals surface area contributed by atoms with Gasteiger partial charge in [-0.3, -0.25) is 4.68 Å². The van der Waals surface area contributed by atoms with E-state index < -0.39 is 0 Å². The van der Waals surface area contributed by atoms with Crippen LogP contribution in [0.1, 0.15) is 45.2 Å². The third-order valence-electron chi connectivity index (χ3n) is 4.41. The number of rotatable bonds is 4. The highest BCUT2D eigenvalue weighted by atomic mass is 16.3. The Morgan fingerprint density at radius 2 is 2.11 bits per heavy atom. The molecule has 19 heavy (non-hydrogen) atoms. The SMILES string of the molecule is CCc1nn(C)c(NC2(CO)CCC(C)CC2)c1N. The summed E-state index contributed by atoms with van der Waals surface area (Å²) in [5, 5.41) is 17.7. The summed E-state index contributed by atoms with van der Waals surface area (Å²) in [6, 6.07) is 0. The van der Waals surface area contributed by atoms with E-state index in [0.29, 0.717) is 0 Å². The Kier molecular flexibility index (Phi) is 4.04. The van der Waals surface area contributed by atoms with E-state index in [1.807, 2.05) is 14.0 Å². The summed E-state index contributed by atoms with van der Waals surface area (Å²) in [6.45, 7) is 4.47. The molecule has 5 heteroatoms. The molecule has 0 spiro atoms. The van der Waals surface area contributed by atoms with Crippen molar-refractivity contribution in [1.29, 1.82) is 0 Å². The Bertz CT molecular complexity index is 433. The Balaban J connectivity index is 2.21. The van der Waals surface area contributed by atoms with Crippen LogP contribution < -0.4 is 11.1 Å². The number of nitrogen functional groups attached to an aromatic ring is 1. The molecule has 0 aliphatic heterocycles. The second-order valence-electron chi connectivity index (χ2n) is 5.93. The van der Waals surface area contributed by atoms with Gasteiger partial charge in [0.1, 0.15) is 5.82 Å². The first-order chi connectivity index (χ1) is 9.01. The maximum atomic E-state index is 9.80. The quantitative estimate of drug-likeness (QED) is 0.778. The van der Waals surface area contributed by atoms with Crippen LogP contribution in [-0.4, -0.2) is 27.0 Å². The fraction of sp³-hybridized carbons (Fsp3) is 0.786. The number of hydrogen-bond acceptors (Lipinski definition) is 4. The van der Waals surface area contributed by atoms with Crippen molar-refractivity contribution >= 4 is 11.5 Å². The van der Waals surface area contributed by atoms with Crippen molar-refractivity contribution in [2.45, 2.75) is 51.5 Å². The molecule has 1 aliphatic rings. The van der Waals surface area contributed by atoms with E-state index in [2.05, 4.69) is 17.3 Å². The van der Waals surface area contributed by atoms with Crippen LogP contribution in [0.2, 0.25) is 0 Å². The average Bonchev–Trinajstić information content (AvgIpc) is 2.69. The maximum absolute atomic E-state index is 9.80. The molecule has 1 aromatic rings. The second-order valence-corrected chi connectivity index (χ2v) is 5.93. The molecule has 5 nitrogen and oxygen atoms in total. The van der Waals surface area contributed by atoms with E-state index in [4.69, 9.17) is 5.73 Å². The molecule has 1 aromatic heterocycles. The number of aromatic nitrogens is 2. The van der Waals surface area contributed by atoms with E-state index in [9.17, 15) is 5.11 Å². The first-order valence-electron chi connectivity index (χ1n) is 7.21. The zero-order valence-corrected chi connectivity index (χ0v) is 12.2. The third-order valence-corrected chi connectivity index (χ3v) is 4.41. The molecule has 0 bridgehead atoms. The summed E-state index contributed by atoms with van der Waals surface area (Å²) in [5.41, 5.74) is 7.55. The van der Waals surface area contributed by atoms with Gasteiger partial charge in [0.2, 0.25) is 0 Å². The Labute approximate surface area is 115 Å². The molecule has 0 unspecified atom stereocenters. The van der Waals surface area contributed by atoms with Crippen LogP contribution >= 0.6 is 0 Å². The van der Waals surface area contributed by atoms with E-state index in [1.165, 1.54) is 0 Å². The fourth-order valence-electron chi connectivity index (χ4n) is 2.89. The largest absolute Gasteiger partial charge is 0.394 e. The number of hydrogen-bond donors (Lipinski definition) is 3. The predicted octanol–water partition coefficient (Wildman–Crippen LogP) is 1.92. The number of nitrogens with zero attached hydrogens (tertiary/aromatic N) is 2. The first kappa shape index (κ1) is 14.2. The summed E-state index contributed by atoms with van der Waals surface area (Å²) in [4.78, 5) is 0. The number of nitrogens with two attached hydrogens (primary N) is 1. The Hall–Kier alpha value is -1.23. The van der Waals surface area contributed by atoms with Crippen molar-refractivity contribution < 1.29 is 5.11 Å². The molecule has 0 aromatic carbocycles. The monoisotopic (exact) mass is 266 g/mol. The smallest absolute Gasteiger partial charge is 0.148 e. The molecule has 0 atom stereocenters. The zero-order valence-electron chi connectivity index (χ0n) is 12.2. The summed E-state index contributed by atoms with van der Waals surface area (Å²) in [7, 11) is 1.90. The van der Waals surface area contributed by atoms with Gasteiger partial charge >= 0.3 is 0 Å². The topological polar surface area (TPSA) is 76.1 Å². The van der Waals surface area contributed by atoms with Crippen LogP contribution in [0.3, 0.4) is 0 Å². The van der Waals surface area contributed by atoms with E-state index in [0.717, 1.165) is 55.2 Å². The van der Waals surface area contributed by atoms with Crippen molar-refractivity contribution in [3.05, 3.63) is 5.69 Å². The molecular formula is C14H26N4O. The van der Waals surface area contributed by atoms with Crippen LogP contribution in [0.15, 0.2) is 0 Å². The van der Waals surface area contributed by atoms with Crippen LogP contribution in [0.25, 0.3) is 0 Å². The highest BCUT2D eigenvalue weighted by Crippen LogP contribution is 2.36. The van der Waals surface area contributed by atoms with Crippen LogP contribution in [0.4, 0.5) is 11.5 Å². The van der Waals surface area contributed by atoms with Gasteiger partial charge in [-0.15, -0.1) is 0 Å². The predicted molar refractivity (Wildman–Crippen MR) is 78.1 cm³/mol. The second kappa shape index (κ2) is 5.41. The number of anilines is 2. The van der Waals surface area contributed by atoms with E-state index in [-0.39, 0.29) is 12.1 Å². The first-order valence-corrected chi connectivity index (χ1v) is 7.21. The molecule has 108 valence electrons. The minimum atomic E-state index is -0.237. The van der Waals surface area contributed by atoms with Crippen molar-refractivity contribution in [1.82, 2.24) is 9.78 Å². The van der Waals surface area contributed by atoms with Gasteiger partial charge in [-0.1, -0.05) is 13.8 Å². The fourth-order valence-corrected chi connectivity index (χ4v) is 2.89. The molecular weight excluding hydrogens is 240 g/mol. The molecule has 1 fully saturated rings. The molecule has 4 N–H and O–H groups in total. The molecule has 0 amide bonds. The van der Waals surface area contributed by atoms with E-state index in [1.54, 1.807) is 4.68 Å². The summed E-state index contributed by atoms with van der Waals surface area (Å²) in [6.07, 6.45) is 5.08. The average molecular weight is 266 g/mol. The standard InChI is InChI=1S/C14H26N4O/c1-4-11-12(15)13(18(3)17-11)16-14(9-19)7-5-10(2)6-8-14/h10,16,19H,4-9,15H2,1-3H3. The minimum absolute atomic E-state index is 0.145. The maximum Gasteiger partial charge on any atom is 0.148 e. The zero-order chi connectivity index (χ0) is 14.0. The van der Waals surface area contributed by atoms with Gasteiger partial charge < -0.3 is 16.2 Å². The lowest BCUT2D eigenvalue weighted by Gasteiger charge is -2.39. The van der Waals surface area contributed by atoms with Gasteiger partial charge in [-0.25, -0.2) is 0 Å². The van der Waals surface area contributed by atoms with Gasteiger partial charge in [-0.2, -0.15) is 5.10 Å². The lowest BCUT2D eigenvalue weighted by molar-refractivity contribution is 0.154. The normalized spacial score (nSPS) is 27.5. The molecule has 0 saturated heterocycles.